The molecule has 0 heteroatoms. The smallest absolute Gasteiger partial charge is 0.0268 e. The van der Waals surface area contributed by atoms with Gasteiger partial charge >= 0.3 is 0 Å². The highest BCUT2D eigenvalue weighted by atomic mass is 14.8. The molecule has 6 bridgehead atoms. The first kappa shape index (κ1) is 5.32. The summed E-state index contributed by atoms with van der Waals surface area (Å²) in [5.74, 6) is 15.5. The summed E-state index contributed by atoms with van der Waals surface area (Å²) in [6.07, 6.45) is 3.15. The zero-order chi connectivity index (χ0) is 7.45. The van der Waals surface area contributed by atoms with Gasteiger partial charge in [-0.2, -0.15) is 0 Å². The summed E-state index contributed by atoms with van der Waals surface area (Å²) >= 11 is 0. The molecule has 0 radical (unpaired) electrons. The average molecular weight is 156 g/mol. The lowest BCUT2D eigenvalue weighted by atomic mass is 9.57. The van der Waals surface area contributed by atoms with Crippen molar-refractivity contribution >= 4 is 0 Å². The van der Waals surface area contributed by atoms with Crippen LogP contribution in [0.2, 0.25) is 0 Å². The van der Waals surface area contributed by atoms with Crippen LogP contribution in [0.4, 0.5) is 0 Å². The number of rotatable bonds is 0. The minimum absolute atomic E-state index is 0.883. The molecule has 0 nitrogen and oxygen atoms in total. The van der Waals surface area contributed by atoms with E-state index in [-0.39, 0.29) is 0 Å². The van der Waals surface area contributed by atoms with E-state index in [1.807, 2.05) is 0 Å². The Morgan fingerprint density at radius 1 is 0.667 bits per heavy atom. The van der Waals surface area contributed by atoms with Crippen molar-refractivity contribution in [2.24, 2.45) is 47.3 Å². The van der Waals surface area contributed by atoms with Crippen LogP contribution in [0.15, 0.2) is 0 Å². The SMILES string of the molecule is C1#CC2C3CC4C5CC(C1C35)C24. The minimum atomic E-state index is 0.883. The Kier molecular flexibility index (Phi) is 0.564. The van der Waals surface area contributed by atoms with E-state index in [0.29, 0.717) is 0 Å². The molecule has 0 spiro atoms. The van der Waals surface area contributed by atoms with Crippen LogP contribution in [0.3, 0.4) is 0 Å². The van der Waals surface area contributed by atoms with Crippen molar-refractivity contribution < 1.29 is 0 Å². The van der Waals surface area contributed by atoms with Crippen molar-refractivity contribution in [3.05, 3.63) is 0 Å². The van der Waals surface area contributed by atoms with Crippen LogP contribution < -0.4 is 0 Å². The molecule has 6 aliphatic rings. The lowest BCUT2D eigenvalue weighted by molar-refractivity contribution is 0.0586. The fourth-order valence-corrected chi connectivity index (χ4v) is 5.82. The summed E-state index contributed by atoms with van der Waals surface area (Å²) in [5, 5.41) is 0. The van der Waals surface area contributed by atoms with Crippen molar-refractivity contribution in [3.63, 3.8) is 0 Å². The van der Waals surface area contributed by atoms with Crippen LogP contribution in [-0.4, -0.2) is 0 Å². The molecule has 12 heavy (non-hydrogen) atoms. The standard InChI is InChI=1S/C12H12/c1-2-6-8-4-10-9-3-7(12(6)10)5(1)11(8)9/h5-12H,3-4H2. The summed E-state index contributed by atoms with van der Waals surface area (Å²) in [7, 11) is 0. The molecule has 0 N–H and O–H groups in total. The van der Waals surface area contributed by atoms with Gasteiger partial charge in [0.15, 0.2) is 0 Å². The average Bonchev–Trinajstić information content (AvgIpc) is 2.74. The molecule has 6 rings (SSSR count). The van der Waals surface area contributed by atoms with Crippen LogP contribution in [0.5, 0.6) is 0 Å². The van der Waals surface area contributed by atoms with Gasteiger partial charge in [0.25, 0.3) is 0 Å². The maximum absolute atomic E-state index is 3.55. The van der Waals surface area contributed by atoms with Crippen molar-refractivity contribution in [2.75, 3.05) is 0 Å². The van der Waals surface area contributed by atoms with Gasteiger partial charge in [-0.3, -0.25) is 0 Å². The highest BCUT2D eigenvalue weighted by Gasteiger charge is 2.73. The third-order valence-electron chi connectivity index (χ3n) is 5.78. The Morgan fingerprint density at radius 3 is 1.67 bits per heavy atom. The zero-order valence-corrected chi connectivity index (χ0v) is 7.03. The van der Waals surface area contributed by atoms with E-state index in [1.54, 1.807) is 12.8 Å². The molecule has 8 unspecified atom stereocenters. The lowest BCUT2D eigenvalue weighted by Gasteiger charge is -2.46. The summed E-state index contributed by atoms with van der Waals surface area (Å²) in [6.45, 7) is 0. The van der Waals surface area contributed by atoms with Gasteiger partial charge in [-0.25, -0.2) is 0 Å². The van der Waals surface area contributed by atoms with E-state index >= 15 is 0 Å². The Morgan fingerprint density at radius 2 is 1.17 bits per heavy atom. The molecule has 0 saturated heterocycles. The predicted molar refractivity (Wildman–Crippen MR) is 44.9 cm³/mol. The van der Waals surface area contributed by atoms with E-state index in [1.165, 1.54) is 0 Å². The first-order chi connectivity index (χ1) is 5.95. The minimum Gasteiger partial charge on any atom is -0.0990 e. The molecule has 0 aliphatic heterocycles. The van der Waals surface area contributed by atoms with Gasteiger partial charge in [0, 0.05) is 11.8 Å². The van der Waals surface area contributed by atoms with Gasteiger partial charge in [-0.1, -0.05) is 11.8 Å². The Balaban J connectivity index is 1.94. The van der Waals surface area contributed by atoms with Gasteiger partial charge in [0.05, 0.1) is 0 Å². The van der Waals surface area contributed by atoms with Crippen molar-refractivity contribution in [3.8, 4) is 11.8 Å². The van der Waals surface area contributed by atoms with Crippen LogP contribution in [0.1, 0.15) is 12.8 Å². The first-order valence-electron chi connectivity index (χ1n) is 5.46. The second-order valence-electron chi connectivity index (χ2n) is 5.62. The van der Waals surface area contributed by atoms with Crippen molar-refractivity contribution in [1.29, 1.82) is 0 Å². The molecule has 0 aromatic heterocycles. The molecule has 0 aromatic rings. The summed E-state index contributed by atoms with van der Waals surface area (Å²) in [6, 6.07) is 0. The topological polar surface area (TPSA) is 0 Å². The number of hydrogen-bond donors (Lipinski definition) is 0. The summed E-state index contributed by atoms with van der Waals surface area (Å²) in [5.41, 5.74) is 0. The van der Waals surface area contributed by atoms with E-state index in [2.05, 4.69) is 11.8 Å². The Bertz CT molecular complexity index is 313. The van der Waals surface area contributed by atoms with Gasteiger partial charge in [0.1, 0.15) is 0 Å². The Hall–Kier alpha value is -0.440. The van der Waals surface area contributed by atoms with Crippen LogP contribution in [0.25, 0.3) is 0 Å². The number of hydrogen-bond acceptors (Lipinski definition) is 0. The van der Waals surface area contributed by atoms with E-state index in [9.17, 15) is 0 Å². The van der Waals surface area contributed by atoms with Crippen LogP contribution in [0, 0.1) is 59.2 Å². The van der Waals surface area contributed by atoms with Gasteiger partial charge in [-0.15, -0.1) is 0 Å². The second-order valence-corrected chi connectivity index (χ2v) is 5.62. The van der Waals surface area contributed by atoms with E-state index < -0.39 is 0 Å². The predicted octanol–water partition coefficient (Wildman–Crippen LogP) is 1.77. The fraction of sp³-hybridized carbons (Fsp3) is 0.833. The second kappa shape index (κ2) is 1.27. The third kappa shape index (κ3) is 0.297. The normalized spacial score (nSPS) is 77.3. The van der Waals surface area contributed by atoms with Crippen LogP contribution >= 0.6 is 0 Å². The molecular weight excluding hydrogens is 144 g/mol. The highest BCUT2D eigenvalue weighted by Crippen LogP contribution is 2.77. The van der Waals surface area contributed by atoms with E-state index in [4.69, 9.17) is 0 Å². The molecule has 0 amide bonds. The van der Waals surface area contributed by atoms with Crippen molar-refractivity contribution in [1.82, 2.24) is 0 Å². The van der Waals surface area contributed by atoms with Crippen LogP contribution in [-0.2, 0) is 0 Å². The monoisotopic (exact) mass is 156 g/mol. The molecule has 0 heterocycles. The molecule has 6 aliphatic carbocycles. The Labute approximate surface area is 72.7 Å². The maximum atomic E-state index is 3.55. The molecule has 4 saturated carbocycles. The highest BCUT2D eigenvalue weighted by molar-refractivity contribution is 5.35. The largest absolute Gasteiger partial charge is 0.0990 e. The van der Waals surface area contributed by atoms with Gasteiger partial charge in [0.2, 0.25) is 0 Å². The molecule has 8 atom stereocenters. The lowest BCUT2D eigenvalue weighted by Crippen LogP contribution is -2.44. The summed E-state index contributed by atoms with van der Waals surface area (Å²) < 4.78 is 0. The summed E-state index contributed by atoms with van der Waals surface area (Å²) in [4.78, 5) is 0. The zero-order valence-electron chi connectivity index (χ0n) is 7.03. The quantitative estimate of drug-likeness (QED) is 0.469. The molecule has 60 valence electrons. The fourth-order valence-electron chi connectivity index (χ4n) is 5.82. The van der Waals surface area contributed by atoms with E-state index in [0.717, 1.165) is 47.3 Å². The molecular formula is C12H12. The van der Waals surface area contributed by atoms with Gasteiger partial charge < -0.3 is 0 Å². The van der Waals surface area contributed by atoms with Gasteiger partial charge in [-0.05, 0) is 48.3 Å². The first-order valence-corrected chi connectivity index (χ1v) is 5.46. The molecule has 4 fully saturated rings. The third-order valence-corrected chi connectivity index (χ3v) is 5.78. The van der Waals surface area contributed by atoms with Crippen molar-refractivity contribution in [2.45, 2.75) is 12.8 Å². The maximum Gasteiger partial charge on any atom is 0.0268 e. The molecule has 0 aromatic carbocycles.